The van der Waals surface area contributed by atoms with Gasteiger partial charge in [0.05, 0.1) is 12.7 Å². The van der Waals surface area contributed by atoms with Crippen LogP contribution in [-0.4, -0.2) is 48.7 Å². The van der Waals surface area contributed by atoms with Crippen molar-refractivity contribution in [2.75, 3.05) is 26.2 Å². The van der Waals surface area contributed by atoms with Gasteiger partial charge in [-0.2, -0.15) is 0 Å². The van der Waals surface area contributed by atoms with Crippen LogP contribution in [0.2, 0.25) is 0 Å². The van der Waals surface area contributed by atoms with Crippen molar-refractivity contribution in [1.82, 2.24) is 4.90 Å². The molecule has 4 N–H and O–H groups in total. The Morgan fingerprint density at radius 2 is 2.36 bits per heavy atom. The zero-order valence-electron chi connectivity index (χ0n) is 8.82. The number of carbonyl (C=O) groups excluding carboxylic acids is 1. The van der Waals surface area contributed by atoms with Crippen molar-refractivity contribution in [3.8, 4) is 0 Å². The van der Waals surface area contributed by atoms with Crippen LogP contribution >= 0.6 is 0 Å². The molecule has 0 aromatic rings. The molecular weight excluding hydrogens is 182 g/mol. The van der Waals surface area contributed by atoms with Crippen LogP contribution in [0.1, 0.15) is 13.8 Å². The Balaban J connectivity index is 2.47. The average Bonchev–Trinajstić information content (AvgIpc) is 2.02. The minimum Gasteiger partial charge on any atom is -0.376 e. The molecule has 0 radical (unpaired) electrons. The zero-order valence-corrected chi connectivity index (χ0v) is 8.82. The first-order chi connectivity index (χ1) is 6.42. The smallest absolute Gasteiger partial charge is 0.238 e. The van der Waals surface area contributed by atoms with Crippen molar-refractivity contribution in [3.05, 3.63) is 0 Å². The topological polar surface area (TPSA) is 81.6 Å². The second-order valence-corrected chi connectivity index (χ2v) is 4.20. The molecule has 5 nitrogen and oxygen atoms in total. The molecule has 1 aliphatic rings. The Hall–Kier alpha value is -0.650. The highest BCUT2D eigenvalue weighted by molar-refractivity contribution is 5.84. The second-order valence-electron chi connectivity index (χ2n) is 4.20. The van der Waals surface area contributed by atoms with E-state index >= 15 is 0 Å². The minimum atomic E-state index is -0.947. The molecule has 0 aliphatic carbocycles. The van der Waals surface area contributed by atoms with Gasteiger partial charge in [-0.05, 0) is 13.8 Å². The molecule has 2 unspecified atom stereocenters. The van der Waals surface area contributed by atoms with E-state index in [9.17, 15) is 4.79 Å². The Bertz CT molecular complexity index is 218. The maximum atomic E-state index is 11.0. The number of morpholine rings is 1. The van der Waals surface area contributed by atoms with Gasteiger partial charge in [0.15, 0.2) is 0 Å². The Morgan fingerprint density at radius 3 is 2.86 bits per heavy atom. The third-order valence-electron chi connectivity index (χ3n) is 2.44. The number of nitrogens with zero attached hydrogens (tertiary/aromatic N) is 1. The van der Waals surface area contributed by atoms with E-state index in [4.69, 9.17) is 16.2 Å². The van der Waals surface area contributed by atoms with E-state index in [1.807, 2.05) is 6.92 Å². The summed E-state index contributed by atoms with van der Waals surface area (Å²) in [5.74, 6) is -0.461. The fourth-order valence-corrected chi connectivity index (χ4v) is 1.58. The van der Waals surface area contributed by atoms with Crippen molar-refractivity contribution < 1.29 is 9.53 Å². The molecule has 0 bridgehead atoms. The summed E-state index contributed by atoms with van der Waals surface area (Å²) in [7, 11) is 0. The van der Waals surface area contributed by atoms with Crippen LogP contribution in [0.25, 0.3) is 0 Å². The van der Waals surface area contributed by atoms with Gasteiger partial charge in [-0.15, -0.1) is 0 Å². The predicted molar refractivity (Wildman–Crippen MR) is 53.6 cm³/mol. The third-order valence-corrected chi connectivity index (χ3v) is 2.44. The minimum absolute atomic E-state index is 0.201. The van der Waals surface area contributed by atoms with Gasteiger partial charge in [-0.25, -0.2) is 0 Å². The summed E-state index contributed by atoms with van der Waals surface area (Å²) >= 11 is 0. The first-order valence-corrected chi connectivity index (χ1v) is 4.84. The highest BCUT2D eigenvalue weighted by Crippen LogP contribution is 2.08. The Labute approximate surface area is 84.4 Å². The number of nitrogens with two attached hydrogens (primary N) is 2. The maximum absolute atomic E-state index is 11.0. The lowest BCUT2D eigenvalue weighted by Gasteiger charge is -2.35. The quantitative estimate of drug-likeness (QED) is 0.608. The van der Waals surface area contributed by atoms with Crippen LogP contribution in [0.15, 0.2) is 0 Å². The summed E-state index contributed by atoms with van der Waals surface area (Å²) in [6.45, 7) is 6.47. The molecule has 1 saturated heterocycles. The van der Waals surface area contributed by atoms with Crippen LogP contribution in [0, 0.1) is 0 Å². The van der Waals surface area contributed by atoms with Gasteiger partial charge >= 0.3 is 0 Å². The van der Waals surface area contributed by atoms with Gasteiger partial charge in [0.25, 0.3) is 0 Å². The number of carbonyl (C=O) groups is 1. The van der Waals surface area contributed by atoms with Crippen LogP contribution in [-0.2, 0) is 9.53 Å². The SMILES string of the molecule is CC1CN(CC(C)(N)C(N)=O)CCO1. The van der Waals surface area contributed by atoms with Crippen LogP contribution in [0.5, 0.6) is 0 Å². The van der Waals surface area contributed by atoms with Crippen molar-refractivity contribution in [3.63, 3.8) is 0 Å². The van der Waals surface area contributed by atoms with E-state index in [-0.39, 0.29) is 6.10 Å². The van der Waals surface area contributed by atoms with E-state index in [0.29, 0.717) is 13.2 Å². The van der Waals surface area contributed by atoms with E-state index in [1.165, 1.54) is 0 Å². The molecule has 0 spiro atoms. The second kappa shape index (κ2) is 4.25. The van der Waals surface area contributed by atoms with Gasteiger partial charge in [-0.1, -0.05) is 0 Å². The first-order valence-electron chi connectivity index (χ1n) is 4.84. The summed E-state index contributed by atoms with van der Waals surface area (Å²) in [5.41, 5.74) is 10.0. The van der Waals surface area contributed by atoms with Gasteiger partial charge in [0.1, 0.15) is 5.54 Å². The van der Waals surface area contributed by atoms with Crippen LogP contribution in [0.4, 0.5) is 0 Å². The van der Waals surface area contributed by atoms with Gasteiger partial charge < -0.3 is 16.2 Å². The molecule has 1 aliphatic heterocycles. The molecule has 82 valence electrons. The largest absolute Gasteiger partial charge is 0.376 e. The Kier molecular flexibility index (Phi) is 3.47. The van der Waals surface area contributed by atoms with Crippen molar-refractivity contribution in [1.29, 1.82) is 0 Å². The third kappa shape index (κ3) is 2.94. The molecule has 0 aromatic heterocycles. The summed E-state index contributed by atoms with van der Waals surface area (Å²) in [5, 5.41) is 0. The lowest BCUT2D eigenvalue weighted by atomic mass is 10.0. The normalized spacial score (nSPS) is 28.4. The number of rotatable bonds is 3. The molecular formula is C9H19N3O2. The molecule has 1 amide bonds. The van der Waals surface area contributed by atoms with Crippen molar-refractivity contribution in [2.45, 2.75) is 25.5 Å². The maximum Gasteiger partial charge on any atom is 0.238 e. The lowest BCUT2D eigenvalue weighted by Crippen LogP contribution is -2.58. The van der Waals surface area contributed by atoms with E-state index in [0.717, 1.165) is 13.1 Å². The molecule has 0 saturated carbocycles. The fraction of sp³-hybridized carbons (Fsp3) is 0.889. The standard InChI is InChI=1S/C9H19N3O2/c1-7-5-12(3-4-14-7)6-9(2,11)8(10)13/h7H,3-6,11H2,1-2H3,(H2,10,13). The van der Waals surface area contributed by atoms with Gasteiger partial charge in [0, 0.05) is 19.6 Å². The molecule has 2 atom stereocenters. The highest BCUT2D eigenvalue weighted by Gasteiger charge is 2.30. The summed E-state index contributed by atoms with van der Waals surface area (Å²) < 4.78 is 5.38. The number of ether oxygens (including phenoxy) is 1. The number of amides is 1. The fourth-order valence-electron chi connectivity index (χ4n) is 1.58. The van der Waals surface area contributed by atoms with Gasteiger partial charge in [-0.3, -0.25) is 9.69 Å². The summed E-state index contributed by atoms with van der Waals surface area (Å²) in [4.78, 5) is 13.1. The zero-order chi connectivity index (χ0) is 10.8. The summed E-state index contributed by atoms with van der Waals surface area (Å²) in [6, 6.07) is 0. The number of hydrogen-bond acceptors (Lipinski definition) is 4. The van der Waals surface area contributed by atoms with E-state index in [1.54, 1.807) is 6.92 Å². The van der Waals surface area contributed by atoms with Gasteiger partial charge in [0.2, 0.25) is 5.91 Å². The number of hydrogen-bond donors (Lipinski definition) is 2. The lowest BCUT2D eigenvalue weighted by molar-refractivity contribution is -0.124. The van der Waals surface area contributed by atoms with Crippen molar-refractivity contribution in [2.24, 2.45) is 11.5 Å². The first kappa shape index (κ1) is 11.4. The van der Waals surface area contributed by atoms with E-state index < -0.39 is 11.4 Å². The van der Waals surface area contributed by atoms with E-state index in [2.05, 4.69) is 4.90 Å². The van der Waals surface area contributed by atoms with Crippen LogP contribution < -0.4 is 11.5 Å². The molecule has 5 heteroatoms. The molecule has 1 heterocycles. The summed E-state index contributed by atoms with van der Waals surface area (Å²) in [6.07, 6.45) is 0.201. The Morgan fingerprint density at radius 1 is 1.71 bits per heavy atom. The monoisotopic (exact) mass is 201 g/mol. The molecule has 0 aromatic carbocycles. The number of primary amides is 1. The highest BCUT2D eigenvalue weighted by atomic mass is 16.5. The molecule has 1 fully saturated rings. The molecule has 1 rings (SSSR count). The van der Waals surface area contributed by atoms with Crippen LogP contribution in [0.3, 0.4) is 0 Å². The van der Waals surface area contributed by atoms with Crippen molar-refractivity contribution >= 4 is 5.91 Å². The average molecular weight is 201 g/mol. The molecule has 14 heavy (non-hydrogen) atoms. The predicted octanol–water partition coefficient (Wildman–Crippen LogP) is -1.09.